The van der Waals surface area contributed by atoms with Crippen molar-refractivity contribution in [3.63, 3.8) is 0 Å². The van der Waals surface area contributed by atoms with Crippen molar-refractivity contribution in [2.75, 3.05) is 6.54 Å². The first-order valence-electron chi connectivity index (χ1n) is 10.8. The van der Waals surface area contributed by atoms with E-state index in [9.17, 15) is 0 Å². The highest BCUT2D eigenvalue weighted by atomic mass is 16.3. The Balaban J connectivity index is 1.37. The number of hydrogen-bond donors (Lipinski definition) is 2. The van der Waals surface area contributed by atoms with Gasteiger partial charge in [-0.15, -0.1) is 0 Å². The summed E-state index contributed by atoms with van der Waals surface area (Å²) in [5.74, 6) is 1.36. The van der Waals surface area contributed by atoms with Crippen molar-refractivity contribution < 1.29 is 4.42 Å². The van der Waals surface area contributed by atoms with Crippen LogP contribution in [-0.4, -0.2) is 27.3 Å². The number of aromatic nitrogens is 3. The van der Waals surface area contributed by atoms with E-state index in [1.54, 1.807) is 12.5 Å². The van der Waals surface area contributed by atoms with Crippen LogP contribution in [0.25, 0.3) is 11.5 Å². The first-order valence-corrected chi connectivity index (χ1v) is 10.8. The lowest BCUT2D eigenvalue weighted by Gasteiger charge is -2.10. The van der Waals surface area contributed by atoms with Crippen LogP contribution >= 0.6 is 0 Å². The molecular weight excluding hydrogens is 400 g/mol. The fourth-order valence-electron chi connectivity index (χ4n) is 3.31. The lowest BCUT2D eigenvalue weighted by Crippen LogP contribution is -2.36. The smallest absolute Gasteiger partial charge is 0.226 e. The number of benzene rings is 2. The Hall–Kier alpha value is -3.87. The van der Waals surface area contributed by atoms with Crippen LogP contribution < -0.4 is 10.6 Å². The maximum atomic E-state index is 5.65. The molecule has 4 aromatic rings. The largest absolute Gasteiger partial charge is 0.444 e. The van der Waals surface area contributed by atoms with Crippen molar-refractivity contribution >= 4 is 5.96 Å². The second-order valence-corrected chi connectivity index (χ2v) is 7.58. The van der Waals surface area contributed by atoms with Crippen LogP contribution in [0.1, 0.15) is 29.3 Å². The fourth-order valence-corrected chi connectivity index (χ4v) is 3.31. The average Bonchev–Trinajstić information content (AvgIpc) is 3.49. The van der Waals surface area contributed by atoms with Crippen LogP contribution in [0.3, 0.4) is 0 Å². The molecule has 164 valence electrons. The summed E-state index contributed by atoms with van der Waals surface area (Å²) in [6.45, 7) is 6.74. The van der Waals surface area contributed by atoms with Crippen LogP contribution in [0.5, 0.6) is 0 Å². The molecule has 0 unspecified atom stereocenters. The van der Waals surface area contributed by atoms with Gasteiger partial charge < -0.3 is 15.1 Å². The van der Waals surface area contributed by atoms with E-state index in [4.69, 9.17) is 9.41 Å². The van der Waals surface area contributed by atoms with E-state index >= 15 is 0 Å². The van der Waals surface area contributed by atoms with Gasteiger partial charge >= 0.3 is 0 Å². The summed E-state index contributed by atoms with van der Waals surface area (Å²) >= 11 is 0. The fraction of sp³-hybridized carbons (Fsp3) is 0.240. The van der Waals surface area contributed by atoms with E-state index in [2.05, 4.69) is 64.0 Å². The number of nitrogens with zero attached hydrogens (tertiary/aromatic N) is 4. The minimum atomic E-state index is 0.528. The molecule has 32 heavy (non-hydrogen) atoms. The first kappa shape index (κ1) is 21.4. The molecule has 2 aromatic heterocycles. The normalized spacial score (nSPS) is 11.5. The highest BCUT2D eigenvalue weighted by Crippen LogP contribution is 2.19. The van der Waals surface area contributed by atoms with E-state index < -0.39 is 0 Å². The minimum absolute atomic E-state index is 0.528. The molecule has 0 aliphatic rings. The quantitative estimate of drug-likeness (QED) is 0.326. The standard InChI is InChI=1S/C25H28N6O/c1-3-26-25(27-15-20-6-4-7-21(14-20)17-31-13-5-12-29-31)28-16-23-18-32-24(30-23)22-10-8-19(2)9-11-22/h4-14,18H,3,15-17H2,1-2H3,(H2,26,27,28). The lowest BCUT2D eigenvalue weighted by atomic mass is 10.1. The number of guanidine groups is 1. The van der Waals surface area contributed by atoms with Gasteiger partial charge in [-0.3, -0.25) is 4.68 Å². The molecule has 0 bridgehead atoms. The predicted octanol–water partition coefficient (Wildman–Crippen LogP) is 4.15. The molecule has 0 aliphatic heterocycles. The zero-order valence-corrected chi connectivity index (χ0v) is 18.5. The number of nitrogens with one attached hydrogen (secondary N) is 2. The monoisotopic (exact) mass is 428 g/mol. The second-order valence-electron chi connectivity index (χ2n) is 7.58. The van der Waals surface area contributed by atoms with Gasteiger partial charge in [0.05, 0.1) is 25.3 Å². The SMILES string of the molecule is CCNC(=NCc1cccc(Cn2cccn2)c1)NCc1coc(-c2ccc(C)cc2)n1. The Morgan fingerprint density at radius 3 is 2.69 bits per heavy atom. The van der Waals surface area contributed by atoms with Gasteiger partial charge in [-0.25, -0.2) is 9.98 Å². The third-order valence-electron chi connectivity index (χ3n) is 4.95. The van der Waals surface area contributed by atoms with Gasteiger partial charge in [-0.05, 0) is 43.2 Å². The minimum Gasteiger partial charge on any atom is -0.444 e. The molecule has 0 saturated carbocycles. The average molecular weight is 429 g/mol. The van der Waals surface area contributed by atoms with E-state index in [1.807, 2.05) is 36.0 Å². The van der Waals surface area contributed by atoms with Gasteiger partial charge in [0, 0.05) is 24.5 Å². The molecule has 0 fully saturated rings. The van der Waals surface area contributed by atoms with Crippen molar-refractivity contribution in [1.82, 2.24) is 25.4 Å². The van der Waals surface area contributed by atoms with Gasteiger partial charge in [-0.1, -0.05) is 42.0 Å². The van der Waals surface area contributed by atoms with E-state index in [-0.39, 0.29) is 0 Å². The Morgan fingerprint density at radius 1 is 1.06 bits per heavy atom. The van der Waals surface area contributed by atoms with Gasteiger partial charge in [0.1, 0.15) is 6.26 Å². The van der Waals surface area contributed by atoms with Crippen molar-refractivity contribution in [1.29, 1.82) is 0 Å². The molecule has 2 heterocycles. The van der Waals surface area contributed by atoms with Gasteiger partial charge in [0.25, 0.3) is 0 Å². The van der Waals surface area contributed by atoms with Crippen LogP contribution in [-0.2, 0) is 19.6 Å². The molecule has 0 radical (unpaired) electrons. The van der Waals surface area contributed by atoms with Crippen molar-refractivity contribution in [3.05, 3.63) is 95.6 Å². The molecular formula is C25H28N6O. The molecule has 0 saturated heterocycles. The molecule has 7 nitrogen and oxygen atoms in total. The topological polar surface area (TPSA) is 80.3 Å². The zero-order chi connectivity index (χ0) is 22.2. The summed E-state index contributed by atoms with van der Waals surface area (Å²) in [5, 5.41) is 10.9. The number of aryl methyl sites for hydroxylation is 1. The second kappa shape index (κ2) is 10.4. The third-order valence-corrected chi connectivity index (χ3v) is 4.95. The number of hydrogen-bond acceptors (Lipinski definition) is 4. The third kappa shape index (κ3) is 5.85. The number of aliphatic imine (C=N–C) groups is 1. The molecule has 0 spiro atoms. The van der Waals surface area contributed by atoms with Crippen molar-refractivity contribution in [2.24, 2.45) is 4.99 Å². The van der Waals surface area contributed by atoms with Gasteiger partial charge in [0.2, 0.25) is 5.89 Å². The predicted molar refractivity (Wildman–Crippen MR) is 126 cm³/mol. The zero-order valence-electron chi connectivity index (χ0n) is 18.5. The van der Waals surface area contributed by atoms with Crippen LogP contribution in [0.4, 0.5) is 0 Å². The van der Waals surface area contributed by atoms with E-state index in [0.29, 0.717) is 19.0 Å². The molecule has 2 N–H and O–H groups in total. The highest BCUT2D eigenvalue weighted by molar-refractivity contribution is 5.79. The summed E-state index contributed by atoms with van der Waals surface area (Å²) in [4.78, 5) is 9.31. The van der Waals surface area contributed by atoms with Crippen LogP contribution in [0.2, 0.25) is 0 Å². The molecule has 4 rings (SSSR count). The molecule has 0 atom stereocenters. The van der Waals surface area contributed by atoms with Gasteiger partial charge in [0.15, 0.2) is 5.96 Å². The Morgan fingerprint density at radius 2 is 1.91 bits per heavy atom. The van der Waals surface area contributed by atoms with Crippen molar-refractivity contribution in [2.45, 2.75) is 33.5 Å². The van der Waals surface area contributed by atoms with Crippen LogP contribution in [0, 0.1) is 6.92 Å². The molecule has 2 aromatic carbocycles. The summed E-state index contributed by atoms with van der Waals surface area (Å²) < 4.78 is 7.56. The van der Waals surface area contributed by atoms with E-state index in [1.165, 1.54) is 11.1 Å². The van der Waals surface area contributed by atoms with Crippen LogP contribution in [0.15, 0.2) is 82.7 Å². The van der Waals surface area contributed by atoms with Gasteiger partial charge in [-0.2, -0.15) is 5.10 Å². The Labute approximate surface area is 188 Å². The maximum Gasteiger partial charge on any atom is 0.226 e. The molecule has 7 heteroatoms. The summed E-state index contributed by atoms with van der Waals surface area (Å²) in [7, 11) is 0. The maximum absolute atomic E-state index is 5.65. The summed E-state index contributed by atoms with van der Waals surface area (Å²) in [6.07, 6.45) is 5.44. The van der Waals surface area contributed by atoms with Crippen molar-refractivity contribution in [3.8, 4) is 11.5 Å². The lowest BCUT2D eigenvalue weighted by molar-refractivity contribution is 0.572. The summed E-state index contributed by atoms with van der Waals surface area (Å²) in [6, 6.07) is 18.5. The number of rotatable bonds is 8. The summed E-state index contributed by atoms with van der Waals surface area (Å²) in [5.41, 5.74) is 5.35. The Bertz CT molecular complexity index is 1150. The highest BCUT2D eigenvalue weighted by Gasteiger charge is 2.07. The number of oxazole rings is 1. The molecule has 0 amide bonds. The Kier molecular flexibility index (Phi) is 6.97. The molecule has 0 aliphatic carbocycles. The first-order chi connectivity index (χ1) is 15.7. The van der Waals surface area contributed by atoms with E-state index in [0.717, 1.165) is 35.9 Å².